The molecule has 108 valence electrons. The van der Waals surface area contributed by atoms with Crippen molar-refractivity contribution in [3.8, 4) is 0 Å². The molecule has 0 unspecified atom stereocenters. The summed E-state index contributed by atoms with van der Waals surface area (Å²) in [5.41, 5.74) is 5.46. The van der Waals surface area contributed by atoms with Crippen molar-refractivity contribution in [3.63, 3.8) is 0 Å². The Labute approximate surface area is 110 Å². The summed E-state index contributed by atoms with van der Waals surface area (Å²) < 4.78 is 49.1. The zero-order valence-corrected chi connectivity index (χ0v) is 10.9. The molecule has 0 aliphatic carbocycles. The first-order chi connectivity index (χ1) is 8.65. The molecule has 0 aromatic carbocycles. The number of anilines is 2. The van der Waals surface area contributed by atoms with Crippen LogP contribution in [-0.4, -0.2) is 43.9 Å². The lowest BCUT2D eigenvalue weighted by atomic mass is 10.3. The second-order valence-electron chi connectivity index (χ2n) is 3.85. The molecule has 10 heteroatoms. The summed E-state index contributed by atoms with van der Waals surface area (Å²) in [5.74, 6) is -5.37. The zero-order valence-electron chi connectivity index (χ0n) is 10.1. The van der Waals surface area contributed by atoms with Gasteiger partial charge >= 0.3 is 12.3 Å². The number of rotatable bonds is 5. The maximum Gasteiger partial charge on any atom is 0.324 e. The van der Waals surface area contributed by atoms with Gasteiger partial charge in [-0.05, 0) is 0 Å². The number of hydrogen-bond donors (Lipinski definition) is 2. The van der Waals surface area contributed by atoms with E-state index in [1.54, 1.807) is 24.3 Å². The van der Waals surface area contributed by atoms with Gasteiger partial charge in [-0.15, -0.1) is 0 Å². The highest BCUT2D eigenvalue weighted by Crippen LogP contribution is 2.27. The van der Waals surface area contributed by atoms with Gasteiger partial charge in [-0.1, -0.05) is 11.3 Å². The lowest BCUT2D eigenvalue weighted by Gasteiger charge is -2.15. The van der Waals surface area contributed by atoms with E-state index in [4.69, 9.17) is 5.73 Å². The van der Waals surface area contributed by atoms with Crippen LogP contribution < -0.4 is 16.0 Å². The number of halogens is 4. The van der Waals surface area contributed by atoms with Gasteiger partial charge in [0, 0.05) is 14.1 Å². The van der Waals surface area contributed by atoms with Gasteiger partial charge in [0.25, 0.3) is 5.91 Å². The summed E-state index contributed by atoms with van der Waals surface area (Å²) in [6.07, 6.45) is -3.84. The number of thiazole rings is 1. The molecule has 1 heterocycles. The number of carbonyl (C=O) groups is 1. The first kappa shape index (κ1) is 15.5. The average Bonchev–Trinajstić information content (AvgIpc) is 2.68. The third-order valence-corrected chi connectivity index (χ3v) is 3.27. The Bertz CT molecular complexity index is 463. The highest BCUT2D eigenvalue weighted by molar-refractivity contribution is 7.18. The van der Waals surface area contributed by atoms with Gasteiger partial charge in [0.15, 0.2) is 5.13 Å². The second-order valence-corrected chi connectivity index (χ2v) is 4.83. The summed E-state index contributed by atoms with van der Waals surface area (Å²) in [6.45, 7) is -1.46. The number of nitrogens with one attached hydrogen (secondary N) is 1. The van der Waals surface area contributed by atoms with Crippen LogP contribution >= 0.6 is 11.3 Å². The molecule has 0 saturated heterocycles. The number of alkyl halides is 4. The highest BCUT2D eigenvalue weighted by Gasteiger charge is 2.41. The second kappa shape index (κ2) is 5.59. The number of nitrogens with two attached hydrogens (primary N) is 1. The van der Waals surface area contributed by atoms with E-state index < -0.39 is 24.8 Å². The highest BCUT2D eigenvalue weighted by atomic mass is 32.1. The van der Waals surface area contributed by atoms with Gasteiger partial charge in [-0.25, -0.2) is 13.8 Å². The van der Waals surface area contributed by atoms with Crippen LogP contribution in [-0.2, 0) is 0 Å². The number of amides is 1. The van der Waals surface area contributed by atoms with Gasteiger partial charge in [0.05, 0.1) is 6.54 Å². The minimum Gasteiger partial charge on any atom is -0.382 e. The molecule has 0 atom stereocenters. The Morgan fingerprint density at radius 3 is 2.53 bits per heavy atom. The summed E-state index contributed by atoms with van der Waals surface area (Å²) in [5, 5.41) is 2.12. The van der Waals surface area contributed by atoms with E-state index in [1.165, 1.54) is 0 Å². The standard InChI is InChI=1S/C9H12F4N4OS/c1-17(2)8-16-5(14)4(19-8)6(18)15-3-9(12,13)7(10)11/h7H,3,14H2,1-2H3,(H,15,18). The van der Waals surface area contributed by atoms with Crippen molar-refractivity contribution in [3.05, 3.63) is 4.88 Å². The Hall–Kier alpha value is -1.58. The summed E-state index contributed by atoms with van der Waals surface area (Å²) >= 11 is 0.880. The minimum atomic E-state index is -4.28. The Balaban J connectivity index is 2.74. The maximum absolute atomic E-state index is 12.6. The Kier molecular flexibility index (Phi) is 4.56. The molecule has 1 aromatic heterocycles. The Morgan fingerprint density at radius 2 is 2.11 bits per heavy atom. The van der Waals surface area contributed by atoms with E-state index in [-0.39, 0.29) is 10.7 Å². The third-order valence-electron chi connectivity index (χ3n) is 2.03. The van der Waals surface area contributed by atoms with Crippen LogP contribution in [0, 0.1) is 0 Å². The van der Waals surface area contributed by atoms with Crippen LogP contribution in [0.25, 0.3) is 0 Å². The summed E-state index contributed by atoms with van der Waals surface area (Å²) in [6, 6.07) is 0. The minimum absolute atomic E-state index is 0.0891. The van der Waals surface area contributed by atoms with E-state index in [0.717, 1.165) is 11.3 Å². The monoisotopic (exact) mass is 300 g/mol. The van der Waals surface area contributed by atoms with Crippen LogP contribution in [0.1, 0.15) is 9.67 Å². The van der Waals surface area contributed by atoms with Crippen molar-refractivity contribution in [1.82, 2.24) is 10.3 Å². The number of aromatic nitrogens is 1. The fourth-order valence-electron chi connectivity index (χ4n) is 1.03. The predicted molar refractivity (Wildman–Crippen MR) is 64.1 cm³/mol. The van der Waals surface area contributed by atoms with Gasteiger partial charge in [0.1, 0.15) is 10.7 Å². The molecule has 0 fully saturated rings. The molecule has 0 bridgehead atoms. The SMILES string of the molecule is CN(C)c1nc(N)c(C(=O)NCC(F)(F)C(F)F)s1. The van der Waals surface area contributed by atoms with Crippen molar-refractivity contribution in [2.24, 2.45) is 0 Å². The van der Waals surface area contributed by atoms with Crippen molar-refractivity contribution in [2.75, 3.05) is 31.3 Å². The van der Waals surface area contributed by atoms with Crippen LogP contribution in [0.4, 0.5) is 28.5 Å². The molecule has 0 spiro atoms. The Morgan fingerprint density at radius 1 is 1.53 bits per heavy atom. The van der Waals surface area contributed by atoms with Crippen LogP contribution in [0.5, 0.6) is 0 Å². The number of nitrogen functional groups attached to an aromatic ring is 1. The largest absolute Gasteiger partial charge is 0.382 e. The number of carbonyl (C=O) groups excluding carboxylic acids is 1. The fraction of sp³-hybridized carbons (Fsp3) is 0.556. The zero-order chi connectivity index (χ0) is 14.8. The van der Waals surface area contributed by atoms with E-state index in [2.05, 4.69) is 4.98 Å². The predicted octanol–water partition coefficient (Wildman–Crippen LogP) is 1.42. The quantitative estimate of drug-likeness (QED) is 0.807. The molecule has 0 radical (unpaired) electrons. The molecule has 1 aromatic rings. The molecular weight excluding hydrogens is 288 g/mol. The average molecular weight is 300 g/mol. The molecule has 19 heavy (non-hydrogen) atoms. The molecule has 1 amide bonds. The van der Waals surface area contributed by atoms with Gasteiger partial charge in [0.2, 0.25) is 0 Å². The fourth-order valence-corrected chi connectivity index (χ4v) is 1.85. The van der Waals surface area contributed by atoms with Crippen LogP contribution in [0.2, 0.25) is 0 Å². The molecule has 1 rings (SSSR count). The first-order valence-electron chi connectivity index (χ1n) is 5.03. The van der Waals surface area contributed by atoms with Crippen molar-refractivity contribution < 1.29 is 22.4 Å². The molecule has 3 N–H and O–H groups in total. The lowest BCUT2D eigenvalue weighted by molar-refractivity contribution is -0.123. The summed E-state index contributed by atoms with van der Waals surface area (Å²) in [4.78, 5) is 16.9. The normalized spacial score (nSPS) is 11.7. The van der Waals surface area contributed by atoms with E-state index in [0.29, 0.717) is 5.13 Å². The number of nitrogens with zero attached hydrogens (tertiary/aromatic N) is 2. The maximum atomic E-state index is 12.6. The first-order valence-corrected chi connectivity index (χ1v) is 5.84. The van der Waals surface area contributed by atoms with E-state index in [9.17, 15) is 22.4 Å². The molecule has 5 nitrogen and oxygen atoms in total. The van der Waals surface area contributed by atoms with Crippen molar-refractivity contribution >= 4 is 28.2 Å². The lowest BCUT2D eigenvalue weighted by Crippen LogP contribution is -2.41. The van der Waals surface area contributed by atoms with Gasteiger partial charge in [-0.2, -0.15) is 8.78 Å². The molecule has 0 aliphatic heterocycles. The number of hydrogen-bond acceptors (Lipinski definition) is 5. The van der Waals surface area contributed by atoms with Crippen LogP contribution in [0.3, 0.4) is 0 Å². The van der Waals surface area contributed by atoms with Crippen LogP contribution in [0.15, 0.2) is 0 Å². The third kappa shape index (κ3) is 3.69. The van der Waals surface area contributed by atoms with Gasteiger partial charge < -0.3 is 16.0 Å². The molecular formula is C9H12F4N4OS. The topological polar surface area (TPSA) is 71.2 Å². The van der Waals surface area contributed by atoms with Crippen molar-refractivity contribution in [2.45, 2.75) is 12.3 Å². The van der Waals surface area contributed by atoms with E-state index in [1.807, 2.05) is 0 Å². The summed E-state index contributed by atoms with van der Waals surface area (Å²) in [7, 11) is 3.32. The van der Waals surface area contributed by atoms with E-state index >= 15 is 0 Å². The smallest absolute Gasteiger partial charge is 0.324 e. The van der Waals surface area contributed by atoms with Gasteiger partial charge in [-0.3, -0.25) is 4.79 Å². The molecule has 0 aliphatic rings. The molecule has 0 saturated carbocycles. The van der Waals surface area contributed by atoms with Crippen molar-refractivity contribution in [1.29, 1.82) is 0 Å².